The predicted octanol–water partition coefficient (Wildman–Crippen LogP) is 2.73. The molecule has 0 atom stereocenters. The van der Waals surface area contributed by atoms with Gasteiger partial charge in [-0.1, -0.05) is 13.3 Å². The Kier molecular flexibility index (Phi) is 3.35. The summed E-state index contributed by atoms with van der Waals surface area (Å²) in [5, 5.41) is 4.62. The normalized spacial score (nSPS) is 23.2. The highest BCUT2D eigenvalue weighted by molar-refractivity contribution is 5.69. The number of amides is 1. The summed E-state index contributed by atoms with van der Waals surface area (Å²) in [7, 11) is 0. The smallest absolute Gasteiger partial charge is 0.409 e. The van der Waals surface area contributed by atoms with Crippen LogP contribution in [0.1, 0.15) is 63.2 Å². The van der Waals surface area contributed by atoms with Crippen LogP contribution in [0.4, 0.5) is 4.79 Å². The summed E-state index contributed by atoms with van der Waals surface area (Å²) in [6.07, 6.45) is 8.46. The molecule has 1 spiro atoms. The number of carbonyl (C=O) groups excluding carboxylic acids is 1. The molecule has 2 aliphatic carbocycles. The number of nitrogens with zero attached hydrogens (tertiary/aromatic N) is 4. The summed E-state index contributed by atoms with van der Waals surface area (Å²) >= 11 is 0. The molecular formula is C16H24N4O2. The molecular weight excluding hydrogens is 280 g/mol. The number of hydrogen-bond acceptors (Lipinski definition) is 4. The summed E-state index contributed by atoms with van der Waals surface area (Å²) in [4.78, 5) is 18.1. The van der Waals surface area contributed by atoms with Crippen molar-refractivity contribution in [3.8, 4) is 0 Å². The van der Waals surface area contributed by atoms with Crippen molar-refractivity contribution in [1.29, 1.82) is 0 Å². The lowest BCUT2D eigenvalue weighted by atomic mass is 9.61. The Hall–Kier alpha value is -1.59. The first-order chi connectivity index (χ1) is 10.7. The monoisotopic (exact) mass is 304 g/mol. The fourth-order valence-electron chi connectivity index (χ4n) is 3.67. The second kappa shape index (κ2) is 5.25. The third kappa shape index (κ3) is 2.48. The van der Waals surface area contributed by atoms with Crippen molar-refractivity contribution in [2.24, 2.45) is 5.41 Å². The van der Waals surface area contributed by atoms with E-state index in [9.17, 15) is 4.79 Å². The molecule has 3 aliphatic rings. The number of rotatable bonds is 5. The molecule has 0 aromatic carbocycles. The molecule has 2 saturated carbocycles. The van der Waals surface area contributed by atoms with E-state index in [-0.39, 0.29) is 6.09 Å². The standard InChI is InChI=1S/C16H24N4O2/c1-2-3-6-22-15(21)19-9-16(10-19)7-13(8-16)20-11-17-14(18-20)12-4-5-12/h11-13H,2-10H2,1H3. The Morgan fingerprint density at radius 3 is 2.86 bits per heavy atom. The number of aromatic nitrogens is 3. The van der Waals surface area contributed by atoms with E-state index >= 15 is 0 Å². The van der Waals surface area contributed by atoms with Crippen molar-refractivity contribution in [2.75, 3.05) is 19.7 Å². The van der Waals surface area contributed by atoms with E-state index in [2.05, 4.69) is 17.0 Å². The SMILES string of the molecule is CCCCOC(=O)N1CC2(CC(n3cnc(C4CC4)n3)C2)C1. The van der Waals surface area contributed by atoms with Gasteiger partial charge in [0.1, 0.15) is 6.33 Å². The lowest BCUT2D eigenvalue weighted by Gasteiger charge is -2.58. The Bertz CT molecular complexity index is 552. The van der Waals surface area contributed by atoms with Gasteiger partial charge in [-0.25, -0.2) is 14.5 Å². The molecule has 6 nitrogen and oxygen atoms in total. The Labute approximate surface area is 130 Å². The number of ether oxygens (including phenoxy) is 1. The lowest BCUT2D eigenvalue weighted by Crippen LogP contribution is -2.63. The van der Waals surface area contributed by atoms with Crippen LogP contribution in [0, 0.1) is 5.41 Å². The van der Waals surface area contributed by atoms with Crippen LogP contribution in [-0.2, 0) is 4.74 Å². The van der Waals surface area contributed by atoms with Crippen LogP contribution in [0.3, 0.4) is 0 Å². The van der Waals surface area contributed by atoms with E-state index in [1.807, 2.05) is 15.9 Å². The third-order valence-corrected chi connectivity index (χ3v) is 5.21. The highest BCUT2D eigenvalue weighted by Gasteiger charge is 2.55. The number of likely N-dealkylation sites (tertiary alicyclic amines) is 1. The van der Waals surface area contributed by atoms with Crippen molar-refractivity contribution in [3.63, 3.8) is 0 Å². The minimum absolute atomic E-state index is 0.140. The molecule has 6 heteroatoms. The third-order valence-electron chi connectivity index (χ3n) is 5.21. The molecule has 0 unspecified atom stereocenters. The number of hydrogen-bond donors (Lipinski definition) is 0. The molecule has 1 aliphatic heterocycles. The molecule has 4 rings (SSSR count). The molecule has 0 N–H and O–H groups in total. The Balaban J connectivity index is 1.23. The van der Waals surface area contributed by atoms with Gasteiger partial charge in [-0.15, -0.1) is 0 Å². The van der Waals surface area contributed by atoms with Crippen molar-refractivity contribution in [3.05, 3.63) is 12.2 Å². The average Bonchev–Trinajstić information content (AvgIpc) is 3.15. The number of carbonyl (C=O) groups is 1. The van der Waals surface area contributed by atoms with Gasteiger partial charge < -0.3 is 9.64 Å². The predicted molar refractivity (Wildman–Crippen MR) is 80.5 cm³/mol. The zero-order valence-corrected chi connectivity index (χ0v) is 13.2. The molecule has 1 saturated heterocycles. The summed E-state index contributed by atoms with van der Waals surface area (Å²) in [5.41, 5.74) is 0.320. The van der Waals surface area contributed by atoms with Crippen LogP contribution >= 0.6 is 0 Å². The minimum Gasteiger partial charge on any atom is -0.449 e. The maximum absolute atomic E-state index is 11.8. The summed E-state index contributed by atoms with van der Waals surface area (Å²) < 4.78 is 7.30. The molecule has 22 heavy (non-hydrogen) atoms. The van der Waals surface area contributed by atoms with E-state index in [0.29, 0.717) is 24.0 Å². The van der Waals surface area contributed by atoms with Crippen LogP contribution < -0.4 is 0 Å². The van der Waals surface area contributed by atoms with Gasteiger partial charge >= 0.3 is 6.09 Å². The molecule has 3 fully saturated rings. The average molecular weight is 304 g/mol. The first kappa shape index (κ1) is 14.0. The topological polar surface area (TPSA) is 60.2 Å². The van der Waals surface area contributed by atoms with Gasteiger partial charge in [-0.3, -0.25) is 0 Å². The fraction of sp³-hybridized carbons (Fsp3) is 0.812. The second-order valence-electron chi connectivity index (χ2n) is 7.24. The van der Waals surface area contributed by atoms with Crippen LogP contribution in [0.15, 0.2) is 6.33 Å². The van der Waals surface area contributed by atoms with Gasteiger partial charge in [0.05, 0.1) is 12.6 Å². The molecule has 120 valence electrons. The van der Waals surface area contributed by atoms with Crippen molar-refractivity contribution >= 4 is 6.09 Å². The van der Waals surface area contributed by atoms with Gasteiger partial charge in [-0.2, -0.15) is 5.10 Å². The van der Waals surface area contributed by atoms with E-state index in [1.165, 1.54) is 12.8 Å². The summed E-state index contributed by atoms with van der Waals surface area (Å²) in [6, 6.07) is 0.471. The van der Waals surface area contributed by atoms with E-state index in [0.717, 1.165) is 44.6 Å². The van der Waals surface area contributed by atoms with Gasteiger partial charge in [0.2, 0.25) is 0 Å². The van der Waals surface area contributed by atoms with Crippen molar-refractivity contribution in [1.82, 2.24) is 19.7 Å². The largest absolute Gasteiger partial charge is 0.449 e. The van der Waals surface area contributed by atoms with Gasteiger partial charge in [-0.05, 0) is 32.1 Å². The highest BCUT2D eigenvalue weighted by atomic mass is 16.6. The van der Waals surface area contributed by atoms with Crippen LogP contribution in [0.2, 0.25) is 0 Å². The quantitative estimate of drug-likeness (QED) is 0.785. The molecule has 1 amide bonds. The van der Waals surface area contributed by atoms with Gasteiger partial charge in [0.25, 0.3) is 0 Å². The molecule has 1 aromatic heterocycles. The Morgan fingerprint density at radius 2 is 2.18 bits per heavy atom. The molecule has 0 bridgehead atoms. The second-order valence-corrected chi connectivity index (χ2v) is 7.24. The maximum atomic E-state index is 11.8. The minimum atomic E-state index is -0.140. The molecule has 2 heterocycles. The summed E-state index contributed by atoms with van der Waals surface area (Å²) in [5.74, 6) is 1.64. The van der Waals surface area contributed by atoms with Gasteiger partial charge in [0, 0.05) is 24.4 Å². The van der Waals surface area contributed by atoms with E-state index in [4.69, 9.17) is 4.74 Å². The van der Waals surface area contributed by atoms with E-state index < -0.39 is 0 Å². The van der Waals surface area contributed by atoms with Crippen molar-refractivity contribution in [2.45, 2.75) is 57.4 Å². The lowest BCUT2D eigenvalue weighted by molar-refractivity contribution is -0.0822. The van der Waals surface area contributed by atoms with Gasteiger partial charge in [0.15, 0.2) is 5.82 Å². The molecule has 1 aromatic rings. The van der Waals surface area contributed by atoms with Crippen LogP contribution in [0.25, 0.3) is 0 Å². The zero-order valence-electron chi connectivity index (χ0n) is 13.2. The first-order valence-corrected chi connectivity index (χ1v) is 8.52. The Morgan fingerprint density at radius 1 is 1.41 bits per heavy atom. The van der Waals surface area contributed by atoms with Crippen LogP contribution in [0.5, 0.6) is 0 Å². The van der Waals surface area contributed by atoms with E-state index in [1.54, 1.807) is 0 Å². The summed E-state index contributed by atoms with van der Waals surface area (Å²) in [6.45, 7) is 4.33. The fourth-order valence-corrected chi connectivity index (χ4v) is 3.67. The highest BCUT2D eigenvalue weighted by Crippen LogP contribution is 2.54. The zero-order chi connectivity index (χ0) is 15.2. The first-order valence-electron chi connectivity index (χ1n) is 8.52. The maximum Gasteiger partial charge on any atom is 0.409 e. The van der Waals surface area contributed by atoms with Crippen LogP contribution in [-0.4, -0.2) is 45.5 Å². The van der Waals surface area contributed by atoms with Crippen molar-refractivity contribution < 1.29 is 9.53 Å². The number of unbranched alkanes of at least 4 members (excludes halogenated alkanes) is 1. The molecule has 0 radical (unpaired) electrons.